The van der Waals surface area contributed by atoms with Crippen molar-refractivity contribution in [3.63, 3.8) is 0 Å². The smallest absolute Gasteiger partial charge is 0.319 e. The zero-order valence-corrected chi connectivity index (χ0v) is 14.6. The maximum absolute atomic E-state index is 12.1. The minimum absolute atomic E-state index is 0.255. The number of aromatic nitrogens is 2. The van der Waals surface area contributed by atoms with Crippen LogP contribution in [-0.2, 0) is 11.3 Å². The van der Waals surface area contributed by atoms with Gasteiger partial charge in [-0.3, -0.25) is 0 Å². The van der Waals surface area contributed by atoms with E-state index in [1.54, 1.807) is 12.3 Å². The summed E-state index contributed by atoms with van der Waals surface area (Å²) in [4.78, 5) is 23.0. The molecule has 7 nitrogen and oxygen atoms in total. The molecule has 0 unspecified atom stereocenters. The third-order valence-electron chi connectivity index (χ3n) is 4.19. The summed E-state index contributed by atoms with van der Waals surface area (Å²) >= 11 is 0. The van der Waals surface area contributed by atoms with Gasteiger partial charge in [0.25, 0.3) is 0 Å². The van der Waals surface area contributed by atoms with Crippen LogP contribution in [0, 0.1) is 13.8 Å². The van der Waals surface area contributed by atoms with E-state index in [1.165, 1.54) is 5.56 Å². The molecule has 132 valence electrons. The van der Waals surface area contributed by atoms with Crippen LogP contribution in [0.15, 0.2) is 30.5 Å². The molecule has 0 radical (unpaired) electrons. The van der Waals surface area contributed by atoms with E-state index < -0.39 is 0 Å². The van der Waals surface area contributed by atoms with Crippen LogP contribution in [0.3, 0.4) is 0 Å². The van der Waals surface area contributed by atoms with Crippen molar-refractivity contribution in [3.05, 3.63) is 47.3 Å². The number of urea groups is 1. The first-order valence-corrected chi connectivity index (χ1v) is 8.38. The number of benzene rings is 1. The van der Waals surface area contributed by atoms with Crippen molar-refractivity contribution in [1.82, 2.24) is 15.3 Å². The molecule has 1 aromatic carbocycles. The summed E-state index contributed by atoms with van der Waals surface area (Å²) in [7, 11) is 0. The van der Waals surface area contributed by atoms with Gasteiger partial charge in [-0.05, 0) is 43.2 Å². The molecule has 1 saturated heterocycles. The first kappa shape index (κ1) is 17.2. The second-order valence-corrected chi connectivity index (χ2v) is 6.05. The molecule has 2 N–H and O–H groups in total. The van der Waals surface area contributed by atoms with Gasteiger partial charge in [0.2, 0.25) is 5.95 Å². The van der Waals surface area contributed by atoms with E-state index in [0.29, 0.717) is 25.7 Å². The lowest BCUT2D eigenvalue weighted by Crippen LogP contribution is -2.37. The Morgan fingerprint density at radius 1 is 1.20 bits per heavy atom. The second-order valence-electron chi connectivity index (χ2n) is 6.05. The highest BCUT2D eigenvalue weighted by Crippen LogP contribution is 2.14. The fraction of sp³-hybridized carbons (Fsp3) is 0.389. The molecule has 7 heteroatoms. The number of nitrogens with one attached hydrogen (secondary N) is 2. The molecule has 1 aromatic heterocycles. The van der Waals surface area contributed by atoms with Crippen LogP contribution >= 0.6 is 0 Å². The third kappa shape index (κ3) is 4.67. The lowest BCUT2D eigenvalue weighted by molar-refractivity contribution is 0.122. The van der Waals surface area contributed by atoms with Crippen molar-refractivity contribution in [1.29, 1.82) is 0 Å². The van der Waals surface area contributed by atoms with Gasteiger partial charge in [0.05, 0.1) is 25.5 Å². The zero-order chi connectivity index (χ0) is 17.6. The van der Waals surface area contributed by atoms with Gasteiger partial charge in [-0.25, -0.2) is 14.8 Å². The zero-order valence-electron chi connectivity index (χ0n) is 14.6. The van der Waals surface area contributed by atoms with Crippen molar-refractivity contribution in [2.45, 2.75) is 20.4 Å². The van der Waals surface area contributed by atoms with Gasteiger partial charge in [0.15, 0.2) is 0 Å². The summed E-state index contributed by atoms with van der Waals surface area (Å²) in [5, 5.41) is 5.67. The van der Waals surface area contributed by atoms with Gasteiger partial charge in [-0.15, -0.1) is 0 Å². The molecule has 1 aliphatic rings. The quantitative estimate of drug-likeness (QED) is 0.892. The Balaban J connectivity index is 1.55. The molecule has 3 rings (SSSR count). The van der Waals surface area contributed by atoms with Gasteiger partial charge >= 0.3 is 6.03 Å². The number of ether oxygens (including phenoxy) is 1. The predicted octanol–water partition coefficient (Wildman–Crippen LogP) is 2.25. The number of nitrogens with zero attached hydrogens (tertiary/aromatic N) is 3. The van der Waals surface area contributed by atoms with E-state index >= 15 is 0 Å². The Labute approximate surface area is 147 Å². The van der Waals surface area contributed by atoms with Crippen LogP contribution in [0.25, 0.3) is 0 Å². The van der Waals surface area contributed by atoms with Crippen LogP contribution < -0.4 is 15.5 Å². The Morgan fingerprint density at radius 3 is 2.76 bits per heavy atom. The highest BCUT2D eigenvalue weighted by atomic mass is 16.5. The summed E-state index contributed by atoms with van der Waals surface area (Å²) in [6.07, 6.45) is 1.72. The first-order chi connectivity index (χ1) is 12.1. The number of amides is 2. The summed E-state index contributed by atoms with van der Waals surface area (Å²) in [5.74, 6) is 0.678. The van der Waals surface area contributed by atoms with Gasteiger partial charge in [-0.2, -0.15) is 0 Å². The van der Waals surface area contributed by atoms with E-state index in [-0.39, 0.29) is 6.03 Å². The summed E-state index contributed by atoms with van der Waals surface area (Å²) < 4.78 is 5.34. The van der Waals surface area contributed by atoms with E-state index in [9.17, 15) is 4.79 Å². The van der Waals surface area contributed by atoms with E-state index in [0.717, 1.165) is 30.0 Å². The number of aryl methyl sites for hydroxylation is 2. The monoisotopic (exact) mass is 341 g/mol. The van der Waals surface area contributed by atoms with Crippen molar-refractivity contribution in [2.24, 2.45) is 0 Å². The van der Waals surface area contributed by atoms with E-state index in [2.05, 4.69) is 25.5 Å². The Kier molecular flexibility index (Phi) is 5.45. The maximum atomic E-state index is 12.1. The number of hydrogen-bond donors (Lipinski definition) is 2. The molecular weight excluding hydrogens is 318 g/mol. The largest absolute Gasteiger partial charge is 0.378 e. The Morgan fingerprint density at radius 2 is 2.00 bits per heavy atom. The second kappa shape index (κ2) is 7.94. The minimum atomic E-state index is -0.255. The van der Waals surface area contributed by atoms with Gasteiger partial charge in [0, 0.05) is 25.0 Å². The maximum Gasteiger partial charge on any atom is 0.319 e. The van der Waals surface area contributed by atoms with Gasteiger partial charge in [-0.1, -0.05) is 6.07 Å². The van der Waals surface area contributed by atoms with Crippen LogP contribution in [-0.4, -0.2) is 42.3 Å². The van der Waals surface area contributed by atoms with Gasteiger partial charge < -0.3 is 20.3 Å². The molecule has 0 aliphatic carbocycles. The lowest BCUT2D eigenvalue weighted by atomic mass is 10.1. The van der Waals surface area contributed by atoms with Crippen molar-refractivity contribution >= 4 is 17.7 Å². The molecule has 0 spiro atoms. The average molecular weight is 341 g/mol. The SMILES string of the molecule is Cc1ccc(NC(=O)NCc2ccnc(N3CCOCC3)n2)cc1C. The number of morpholine rings is 1. The highest BCUT2D eigenvalue weighted by Gasteiger charge is 2.14. The Hall–Kier alpha value is -2.67. The Bertz CT molecular complexity index is 744. The van der Waals surface area contributed by atoms with Crippen molar-refractivity contribution in [2.75, 3.05) is 36.5 Å². The molecule has 2 heterocycles. The predicted molar refractivity (Wildman–Crippen MR) is 96.8 cm³/mol. The number of hydrogen-bond acceptors (Lipinski definition) is 5. The summed E-state index contributed by atoms with van der Waals surface area (Å²) in [5.41, 5.74) is 3.88. The summed E-state index contributed by atoms with van der Waals surface area (Å²) in [6, 6.07) is 7.39. The number of carbonyl (C=O) groups excluding carboxylic acids is 1. The third-order valence-corrected chi connectivity index (χ3v) is 4.19. The van der Waals surface area contributed by atoms with Crippen LogP contribution in [0.1, 0.15) is 16.8 Å². The molecule has 0 saturated carbocycles. The number of rotatable bonds is 4. The molecule has 25 heavy (non-hydrogen) atoms. The molecule has 0 atom stereocenters. The topological polar surface area (TPSA) is 79.4 Å². The molecular formula is C18H23N5O2. The van der Waals surface area contributed by atoms with Crippen LogP contribution in [0.4, 0.5) is 16.4 Å². The van der Waals surface area contributed by atoms with Crippen molar-refractivity contribution in [3.8, 4) is 0 Å². The van der Waals surface area contributed by atoms with Gasteiger partial charge in [0.1, 0.15) is 0 Å². The fourth-order valence-corrected chi connectivity index (χ4v) is 2.56. The standard InChI is InChI=1S/C18H23N5O2/c1-13-3-4-15(11-14(13)2)22-18(24)20-12-16-5-6-19-17(21-16)23-7-9-25-10-8-23/h3-6,11H,7-10,12H2,1-2H3,(H2,20,22,24). The van der Waals surface area contributed by atoms with E-state index in [1.807, 2.05) is 32.0 Å². The summed E-state index contributed by atoms with van der Waals surface area (Å²) in [6.45, 7) is 7.34. The highest BCUT2D eigenvalue weighted by molar-refractivity contribution is 5.89. The van der Waals surface area contributed by atoms with Crippen LogP contribution in [0.2, 0.25) is 0 Å². The molecule has 2 amide bonds. The first-order valence-electron chi connectivity index (χ1n) is 8.38. The molecule has 1 aliphatic heterocycles. The van der Waals surface area contributed by atoms with E-state index in [4.69, 9.17) is 4.74 Å². The fourth-order valence-electron chi connectivity index (χ4n) is 2.56. The molecule has 1 fully saturated rings. The number of anilines is 2. The molecule has 0 bridgehead atoms. The van der Waals surface area contributed by atoms with Crippen LogP contribution in [0.5, 0.6) is 0 Å². The lowest BCUT2D eigenvalue weighted by Gasteiger charge is -2.26. The molecule has 2 aromatic rings. The average Bonchev–Trinajstić information content (AvgIpc) is 2.64. The minimum Gasteiger partial charge on any atom is -0.378 e. The van der Waals surface area contributed by atoms with Crippen molar-refractivity contribution < 1.29 is 9.53 Å². The number of carbonyl (C=O) groups is 1. The normalized spacial score (nSPS) is 14.2.